The second-order valence-electron chi connectivity index (χ2n) is 5.14. The van der Waals surface area contributed by atoms with Crippen molar-refractivity contribution in [2.24, 2.45) is 0 Å². The number of hydrogen-bond acceptors (Lipinski definition) is 3. The Labute approximate surface area is 123 Å². The Morgan fingerprint density at radius 1 is 1.43 bits per heavy atom. The molecule has 2 amide bonds. The van der Waals surface area contributed by atoms with E-state index in [1.807, 2.05) is 6.92 Å². The van der Waals surface area contributed by atoms with Crippen molar-refractivity contribution in [1.82, 2.24) is 4.90 Å². The second-order valence-corrected chi connectivity index (χ2v) is 5.14. The maximum atomic E-state index is 12.3. The quantitative estimate of drug-likeness (QED) is 0.892. The van der Waals surface area contributed by atoms with Gasteiger partial charge >= 0.3 is 12.0 Å². The monoisotopic (exact) mass is 292 g/mol. The van der Waals surface area contributed by atoms with E-state index in [1.54, 1.807) is 29.2 Å². The maximum absolute atomic E-state index is 12.3. The predicted octanol–water partition coefficient (Wildman–Crippen LogP) is 1.96. The van der Waals surface area contributed by atoms with Gasteiger partial charge in [0.25, 0.3) is 0 Å². The number of carboxylic acids is 1. The molecule has 21 heavy (non-hydrogen) atoms. The van der Waals surface area contributed by atoms with E-state index in [4.69, 9.17) is 9.84 Å². The van der Waals surface area contributed by atoms with Gasteiger partial charge in [-0.3, -0.25) is 4.79 Å². The van der Waals surface area contributed by atoms with Crippen LogP contribution in [0.2, 0.25) is 0 Å². The number of benzene rings is 1. The molecule has 1 aliphatic rings. The minimum absolute atomic E-state index is 0.00696. The van der Waals surface area contributed by atoms with Crippen molar-refractivity contribution in [1.29, 1.82) is 0 Å². The summed E-state index contributed by atoms with van der Waals surface area (Å²) in [4.78, 5) is 24.9. The van der Waals surface area contributed by atoms with E-state index in [0.717, 1.165) is 6.42 Å². The van der Waals surface area contributed by atoms with Crippen LogP contribution in [-0.2, 0) is 16.0 Å². The molecule has 1 unspecified atom stereocenters. The highest BCUT2D eigenvalue weighted by Gasteiger charge is 2.20. The van der Waals surface area contributed by atoms with E-state index in [1.165, 1.54) is 0 Å². The summed E-state index contributed by atoms with van der Waals surface area (Å²) in [5.74, 6) is -0.923. The minimum atomic E-state index is -0.923. The number of carbonyl (C=O) groups excluding carboxylic acids is 1. The first-order chi connectivity index (χ1) is 10.1. The summed E-state index contributed by atoms with van der Waals surface area (Å²) in [7, 11) is 0. The lowest BCUT2D eigenvalue weighted by atomic mass is 10.1. The average molecular weight is 292 g/mol. The Kier molecular flexibility index (Phi) is 5.16. The standard InChI is InChI=1S/C15H20N2O4/c1-11-10-17(7-4-8-21-11)15(20)16-13-6-3-2-5-12(13)9-14(18)19/h2-3,5-6,11H,4,7-10H2,1H3,(H,16,20)(H,18,19). The Morgan fingerprint density at radius 3 is 2.95 bits per heavy atom. The number of nitrogens with one attached hydrogen (secondary N) is 1. The zero-order valence-corrected chi connectivity index (χ0v) is 12.0. The van der Waals surface area contributed by atoms with E-state index >= 15 is 0 Å². The molecule has 0 radical (unpaired) electrons. The molecule has 0 aliphatic carbocycles. The number of rotatable bonds is 3. The summed E-state index contributed by atoms with van der Waals surface area (Å²) < 4.78 is 5.51. The third kappa shape index (κ3) is 4.46. The van der Waals surface area contributed by atoms with Crippen LogP contribution in [0.25, 0.3) is 0 Å². The normalized spacial score (nSPS) is 18.9. The number of aliphatic carboxylic acids is 1. The van der Waals surface area contributed by atoms with Gasteiger partial charge in [-0.1, -0.05) is 18.2 Å². The number of carboxylic acid groups (broad SMARTS) is 1. The van der Waals surface area contributed by atoms with Gasteiger partial charge in [0.15, 0.2) is 0 Å². The molecule has 1 atom stereocenters. The predicted molar refractivity (Wildman–Crippen MR) is 78.4 cm³/mol. The van der Waals surface area contributed by atoms with Crippen molar-refractivity contribution in [3.63, 3.8) is 0 Å². The molecule has 1 heterocycles. The molecular weight excluding hydrogens is 272 g/mol. The number of anilines is 1. The van der Waals surface area contributed by atoms with Crippen LogP contribution in [-0.4, -0.2) is 47.8 Å². The number of urea groups is 1. The number of para-hydroxylation sites is 1. The Hall–Kier alpha value is -2.08. The van der Waals surface area contributed by atoms with Gasteiger partial charge in [-0.05, 0) is 25.0 Å². The van der Waals surface area contributed by atoms with Gasteiger partial charge in [-0.2, -0.15) is 0 Å². The third-order valence-electron chi connectivity index (χ3n) is 3.34. The van der Waals surface area contributed by atoms with Gasteiger partial charge in [0.05, 0.1) is 12.5 Å². The van der Waals surface area contributed by atoms with Crippen LogP contribution in [0.3, 0.4) is 0 Å². The molecule has 1 aliphatic heterocycles. The van der Waals surface area contributed by atoms with Gasteiger partial charge in [-0.15, -0.1) is 0 Å². The minimum Gasteiger partial charge on any atom is -0.481 e. The average Bonchev–Trinajstić information content (AvgIpc) is 2.65. The molecule has 6 heteroatoms. The first-order valence-corrected chi connectivity index (χ1v) is 7.03. The summed E-state index contributed by atoms with van der Waals surface area (Å²) in [5.41, 5.74) is 1.14. The van der Waals surface area contributed by atoms with Crippen molar-refractivity contribution in [2.45, 2.75) is 25.9 Å². The van der Waals surface area contributed by atoms with Gasteiger partial charge in [0.1, 0.15) is 0 Å². The van der Waals surface area contributed by atoms with E-state index < -0.39 is 5.97 Å². The number of nitrogens with zero attached hydrogens (tertiary/aromatic N) is 1. The summed E-state index contributed by atoms with van der Waals surface area (Å²) in [6.07, 6.45) is 0.692. The lowest BCUT2D eigenvalue weighted by molar-refractivity contribution is -0.136. The van der Waals surface area contributed by atoms with Crippen molar-refractivity contribution in [2.75, 3.05) is 25.0 Å². The van der Waals surface area contributed by atoms with Crippen molar-refractivity contribution < 1.29 is 19.4 Å². The van der Waals surface area contributed by atoms with E-state index in [9.17, 15) is 9.59 Å². The molecule has 2 N–H and O–H groups in total. The fourth-order valence-electron chi connectivity index (χ4n) is 2.33. The number of ether oxygens (including phenoxy) is 1. The smallest absolute Gasteiger partial charge is 0.321 e. The molecule has 6 nitrogen and oxygen atoms in total. The Morgan fingerprint density at radius 2 is 2.19 bits per heavy atom. The lowest BCUT2D eigenvalue weighted by Crippen LogP contribution is -2.39. The van der Waals surface area contributed by atoms with Crippen molar-refractivity contribution in [3.8, 4) is 0 Å². The van der Waals surface area contributed by atoms with Gasteiger partial charge in [0.2, 0.25) is 0 Å². The lowest BCUT2D eigenvalue weighted by Gasteiger charge is -2.23. The highest BCUT2D eigenvalue weighted by atomic mass is 16.5. The van der Waals surface area contributed by atoms with Crippen LogP contribution in [0.15, 0.2) is 24.3 Å². The fraction of sp³-hybridized carbons (Fsp3) is 0.467. The molecule has 0 bridgehead atoms. The van der Waals surface area contributed by atoms with Crippen LogP contribution in [0.5, 0.6) is 0 Å². The van der Waals surface area contributed by atoms with E-state index in [2.05, 4.69) is 5.32 Å². The molecular formula is C15H20N2O4. The molecule has 2 rings (SSSR count). The molecule has 1 aromatic carbocycles. The van der Waals surface area contributed by atoms with Crippen LogP contribution in [0.1, 0.15) is 18.9 Å². The molecule has 1 saturated heterocycles. The third-order valence-corrected chi connectivity index (χ3v) is 3.34. The molecule has 114 valence electrons. The Bertz CT molecular complexity index is 518. The molecule has 1 fully saturated rings. The second kappa shape index (κ2) is 7.08. The van der Waals surface area contributed by atoms with Gasteiger partial charge in [-0.25, -0.2) is 4.79 Å². The number of carbonyl (C=O) groups is 2. The summed E-state index contributed by atoms with van der Waals surface area (Å²) in [6.45, 7) is 3.76. The van der Waals surface area contributed by atoms with Crippen LogP contribution >= 0.6 is 0 Å². The van der Waals surface area contributed by atoms with E-state index in [-0.39, 0.29) is 18.6 Å². The maximum Gasteiger partial charge on any atom is 0.321 e. The number of hydrogen-bond donors (Lipinski definition) is 2. The summed E-state index contributed by atoms with van der Waals surface area (Å²) in [5, 5.41) is 11.7. The van der Waals surface area contributed by atoms with Crippen LogP contribution in [0.4, 0.5) is 10.5 Å². The highest BCUT2D eigenvalue weighted by Crippen LogP contribution is 2.17. The molecule has 0 spiro atoms. The van der Waals surface area contributed by atoms with Crippen LogP contribution < -0.4 is 5.32 Å². The molecule has 0 saturated carbocycles. The SMILES string of the molecule is CC1CN(C(=O)Nc2ccccc2CC(=O)O)CCCO1. The fourth-order valence-corrected chi connectivity index (χ4v) is 2.33. The van der Waals surface area contributed by atoms with Gasteiger partial charge in [0, 0.05) is 25.4 Å². The first kappa shape index (κ1) is 15.3. The highest BCUT2D eigenvalue weighted by molar-refractivity contribution is 5.91. The zero-order chi connectivity index (χ0) is 15.2. The van der Waals surface area contributed by atoms with E-state index in [0.29, 0.717) is 30.9 Å². The van der Waals surface area contributed by atoms with Gasteiger partial charge < -0.3 is 20.1 Å². The first-order valence-electron chi connectivity index (χ1n) is 7.03. The van der Waals surface area contributed by atoms with Crippen molar-refractivity contribution in [3.05, 3.63) is 29.8 Å². The topological polar surface area (TPSA) is 78.9 Å². The largest absolute Gasteiger partial charge is 0.481 e. The van der Waals surface area contributed by atoms with Crippen molar-refractivity contribution >= 4 is 17.7 Å². The van der Waals surface area contributed by atoms with Crippen LogP contribution in [0, 0.1) is 0 Å². The summed E-state index contributed by atoms with van der Waals surface area (Å²) in [6, 6.07) is 6.74. The number of amides is 2. The Balaban J connectivity index is 2.06. The summed E-state index contributed by atoms with van der Waals surface area (Å²) >= 11 is 0. The molecule has 0 aromatic heterocycles. The zero-order valence-electron chi connectivity index (χ0n) is 12.0. The molecule has 1 aromatic rings.